The molecule has 0 bridgehead atoms. The fourth-order valence-corrected chi connectivity index (χ4v) is 2.29. The van der Waals surface area contributed by atoms with Crippen molar-refractivity contribution in [1.29, 1.82) is 0 Å². The van der Waals surface area contributed by atoms with Crippen LogP contribution in [0.15, 0.2) is 10.9 Å². The summed E-state index contributed by atoms with van der Waals surface area (Å²) in [7, 11) is 0. The summed E-state index contributed by atoms with van der Waals surface area (Å²) in [5.41, 5.74) is 1.13. The van der Waals surface area contributed by atoms with E-state index in [0.717, 1.165) is 25.3 Å². The molecule has 4 nitrogen and oxygen atoms in total. The van der Waals surface area contributed by atoms with Gasteiger partial charge in [0, 0.05) is 23.7 Å². The van der Waals surface area contributed by atoms with E-state index in [4.69, 9.17) is 0 Å². The van der Waals surface area contributed by atoms with E-state index >= 15 is 0 Å². The average molecular weight is 237 g/mol. The fraction of sp³-hybridized carbons (Fsp3) is 0.769. The molecular formula is C13H23N3O. The van der Waals surface area contributed by atoms with Crippen LogP contribution in [0.1, 0.15) is 39.3 Å². The maximum absolute atomic E-state index is 11.9. The zero-order chi connectivity index (χ0) is 12.5. The van der Waals surface area contributed by atoms with Crippen LogP contribution in [0.5, 0.6) is 0 Å². The predicted molar refractivity (Wildman–Crippen MR) is 69.3 cm³/mol. The Morgan fingerprint density at radius 2 is 2.24 bits per heavy atom. The van der Waals surface area contributed by atoms with Gasteiger partial charge in [0.25, 0.3) is 5.56 Å². The quantitative estimate of drug-likeness (QED) is 0.818. The second-order valence-corrected chi connectivity index (χ2v) is 6.08. The lowest BCUT2D eigenvalue weighted by atomic mass is 9.93. The molecule has 4 heteroatoms. The molecule has 1 aliphatic heterocycles. The molecule has 17 heavy (non-hydrogen) atoms. The maximum atomic E-state index is 11.9. The van der Waals surface area contributed by atoms with E-state index in [9.17, 15) is 4.79 Å². The van der Waals surface area contributed by atoms with Crippen molar-refractivity contribution >= 4 is 0 Å². The van der Waals surface area contributed by atoms with Crippen LogP contribution in [0.3, 0.4) is 0 Å². The largest absolute Gasteiger partial charge is 0.316 e. The molecule has 1 aromatic heterocycles. The number of hydrogen-bond acceptors (Lipinski definition) is 2. The first-order chi connectivity index (χ1) is 7.97. The molecule has 1 saturated heterocycles. The second kappa shape index (κ2) is 4.69. The molecule has 0 radical (unpaired) electrons. The van der Waals surface area contributed by atoms with Crippen LogP contribution in [0.25, 0.3) is 0 Å². The summed E-state index contributed by atoms with van der Waals surface area (Å²) >= 11 is 0. The molecule has 0 spiro atoms. The monoisotopic (exact) mass is 237 g/mol. The smallest absolute Gasteiger partial charge is 0.266 e. The van der Waals surface area contributed by atoms with Crippen molar-refractivity contribution < 1.29 is 0 Å². The van der Waals surface area contributed by atoms with Gasteiger partial charge in [-0.25, -0.2) is 0 Å². The normalized spacial score (nSPS) is 21.7. The van der Waals surface area contributed by atoms with Crippen molar-refractivity contribution in [1.82, 2.24) is 15.1 Å². The fourth-order valence-electron chi connectivity index (χ4n) is 2.29. The third-order valence-corrected chi connectivity index (χ3v) is 3.44. The lowest BCUT2D eigenvalue weighted by Gasteiger charge is -2.23. The van der Waals surface area contributed by atoms with E-state index in [2.05, 4.69) is 31.2 Å². The zero-order valence-electron chi connectivity index (χ0n) is 11.0. The van der Waals surface area contributed by atoms with Crippen LogP contribution < -0.4 is 10.9 Å². The SMILES string of the molecule is CC(C)(C)c1cc(=O)n(CC2CCCNC2)[nH]1. The van der Waals surface area contributed by atoms with Crippen molar-refractivity contribution in [3.05, 3.63) is 22.1 Å². The first-order valence-electron chi connectivity index (χ1n) is 6.48. The third kappa shape index (κ3) is 3.00. The summed E-state index contributed by atoms with van der Waals surface area (Å²) in [5.74, 6) is 0.577. The molecule has 0 aliphatic carbocycles. The highest BCUT2D eigenvalue weighted by molar-refractivity contribution is 5.10. The molecule has 1 atom stereocenters. The van der Waals surface area contributed by atoms with Gasteiger partial charge >= 0.3 is 0 Å². The van der Waals surface area contributed by atoms with Gasteiger partial charge in [0.2, 0.25) is 0 Å². The molecule has 2 heterocycles. The molecule has 1 fully saturated rings. The van der Waals surface area contributed by atoms with E-state index in [1.165, 1.54) is 12.8 Å². The van der Waals surface area contributed by atoms with Gasteiger partial charge < -0.3 is 5.32 Å². The number of piperidine rings is 1. The van der Waals surface area contributed by atoms with Crippen LogP contribution in [0.2, 0.25) is 0 Å². The Labute approximate surface area is 102 Å². The highest BCUT2D eigenvalue weighted by Gasteiger charge is 2.19. The van der Waals surface area contributed by atoms with Gasteiger partial charge in [0.1, 0.15) is 0 Å². The summed E-state index contributed by atoms with van der Waals surface area (Å²) in [5, 5.41) is 6.63. The van der Waals surface area contributed by atoms with Crippen molar-refractivity contribution in [2.45, 2.75) is 45.6 Å². The van der Waals surface area contributed by atoms with Gasteiger partial charge in [-0.15, -0.1) is 0 Å². The van der Waals surface area contributed by atoms with E-state index in [0.29, 0.717) is 5.92 Å². The van der Waals surface area contributed by atoms with Crippen molar-refractivity contribution in [3.63, 3.8) is 0 Å². The number of hydrogen-bond donors (Lipinski definition) is 2. The summed E-state index contributed by atoms with van der Waals surface area (Å²) < 4.78 is 1.76. The van der Waals surface area contributed by atoms with Gasteiger partial charge in [-0.3, -0.25) is 14.6 Å². The van der Waals surface area contributed by atoms with Gasteiger partial charge in [0.05, 0.1) is 0 Å². The second-order valence-electron chi connectivity index (χ2n) is 6.08. The minimum Gasteiger partial charge on any atom is -0.316 e. The molecule has 0 amide bonds. The predicted octanol–water partition coefficient (Wildman–Crippen LogP) is 1.47. The lowest BCUT2D eigenvalue weighted by Crippen LogP contribution is -2.34. The minimum atomic E-state index is 0.00915. The third-order valence-electron chi connectivity index (χ3n) is 3.44. The average Bonchev–Trinajstić information content (AvgIpc) is 2.62. The highest BCUT2D eigenvalue weighted by Crippen LogP contribution is 2.18. The molecule has 2 N–H and O–H groups in total. The highest BCUT2D eigenvalue weighted by atomic mass is 16.1. The first kappa shape index (κ1) is 12.4. The van der Waals surface area contributed by atoms with E-state index < -0.39 is 0 Å². The number of aromatic amines is 1. The Bertz CT molecular complexity index is 419. The van der Waals surface area contributed by atoms with Gasteiger partial charge in [-0.2, -0.15) is 0 Å². The van der Waals surface area contributed by atoms with E-state index in [1.807, 2.05) is 0 Å². The molecule has 1 aliphatic rings. The molecule has 2 rings (SSSR count). The number of H-pyrrole nitrogens is 1. The number of aromatic nitrogens is 2. The van der Waals surface area contributed by atoms with Crippen LogP contribution in [0.4, 0.5) is 0 Å². The van der Waals surface area contributed by atoms with Crippen molar-refractivity contribution in [2.75, 3.05) is 13.1 Å². The number of nitrogens with zero attached hydrogens (tertiary/aromatic N) is 1. The topological polar surface area (TPSA) is 49.8 Å². The molecule has 96 valence electrons. The van der Waals surface area contributed by atoms with E-state index in [1.54, 1.807) is 10.7 Å². The van der Waals surface area contributed by atoms with Crippen LogP contribution >= 0.6 is 0 Å². The molecule has 0 aromatic carbocycles. The standard InChI is InChI=1S/C13H23N3O/c1-13(2,3)11-7-12(17)16(15-11)9-10-5-4-6-14-8-10/h7,10,14-15H,4-6,8-9H2,1-3H3. The lowest BCUT2D eigenvalue weighted by molar-refractivity contribution is 0.320. The minimum absolute atomic E-state index is 0.00915. The number of nitrogens with one attached hydrogen (secondary N) is 2. The van der Waals surface area contributed by atoms with E-state index in [-0.39, 0.29) is 11.0 Å². The Morgan fingerprint density at radius 3 is 2.76 bits per heavy atom. The summed E-state index contributed by atoms with van der Waals surface area (Å²) in [6.45, 7) is 9.29. The maximum Gasteiger partial charge on any atom is 0.266 e. The van der Waals surface area contributed by atoms with Crippen LogP contribution in [-0.2, 0) is 12.0 Å². The molecule has 1 aromatic rings. The molecular weight excluding hydrogens is 214 g/mol. The zero-order valence-corrected chi connectivity index (χ0v) is 11.0. The van der Waals surface area contributed by atoms with Crippen molar-refractivity contribution in [3.8, 4) is 0 Å². The Balaban J connectivity index is 2.10. The van der Waals surface area contributed by atoms with Gasteiger partial charge in [-0.1, -0.05) is 20.8 Å². The van der Waals surface area contributed by atoms with Crippen LogP contribution in [-0.4, -0.2) is 22.9 Å². The van der Waals surface area contributed by atoms with Crippen molar-refractivity contribution in [2.24, 2.45) is 5.92 Å². The Hall–Kier alpha value is -1.03. The van der Waals surface area contributed by atoms with Gasteiger partial charge in [-0.05, 0) is 31.8 Å². The van der Waals surface area contributed by atoms with Gasteiger partial charge in [0.15, 0.2) is 0 Å². The summed E-state index contributed by atoms with van der Waals surface area (Å²) in [6, 6.07) is 1.73. The molecule has 1 unspecified atom stereocenters. The Kier molecular flexibility index (Phi) is 3.43. The van der Waals surface area contributed by atoms with Crippen LogP contribution in [0, 0.1) is 5.92 Å². The molecule has 0 saturated carbocycles. The summed E-state index contributed by atoms with van der Waals surface area (Å²) in [4.78, 5) is 11.9. The number of rotatable bonds is 2. The first-order valence-corrected chi connectivity index (χ1v) is 6.48. The summed E-state index contributed by atoms with van der Waals surface area (Å²) in [6.07, 6.45) is 2.43. The Morgan fingerprint density at radius 1 is 1.47 bits per heavy atom.